The molecule has 1 saturated carbocycles. The molecule has 2 heterocycles. The van der Waals surface area contributed by atoms with Crippen molar-refractivity contribution in [3.05, 3.63) is 82.4 Å². The standard InChI is InChI=1S/C30H29F3N4O4/c1-15-11-17-12-18(13-21(25(17)37-36-15)41-20-9-10-20)28(38)34-14-30(4,40)27-24(33)22(29(2,3)39)23(32)26(35-27)16-5-7-19(31)8-6-16/h5-8,11-13,20,39-40H,9-10,14H2,1-4H3,(H,34,38)/t30-/m0/s1. The average Bonchev–Trinajstić information content (AvgIpc) is 3.71. The second-order valence-corrected chi connectivity index (χ2v) is 11.0. The fraction of sp³-hybridized carbons (Fsp3) is 0.333. The first kappa shape index (κ1) is 28.4. The molecule has 5 rings (SSSR count). The zero-order valence-corrected chi connectivity index (χ0v) is 22.9. The Labute approximate surface area is 234 Å². The minimum absolute atomic E-state index is 0.0353. The van der Waals surface area contributed by atoms with E-state index < -0.39 is 58.1 Å². The number of aromatic nitrogens is 3. The van der Waals surface area contributed by atoms with Gasteiger partial charge in [0, 0.05) is 16.5 Å². The summed E-state index contributed by atoms with van der Waals surface area (Å²) in [6.45, 7) is 4.84. The van der Waals surface area contributed by atoms with E-state index in [1.165, 1.54) is 39.0 Å². The van der Waals surface area contributed by atoms with Crippen molar-refractivity contribution < 1.29 is 32.9 Å². The molecule has 0 radical (unpaired) electrons. The summed E-state index contributed by atoms with van der Waals surface area (Å²) in [6.07, 6.45) is 1.82. The van der Waals surface area contributed by atoms with Crippen molar-refractivity contribution in [2.24, 2.45) is 0 Å². The van der Waals surface area contributed by atoms with E-state index in [1.54, 1.807) is 19.1 Å². The summed E-state index contributed by atoms with van der Waals surface area (Å²) in [7, 11) is 0. The summed E-state index contributed by atoms with van der Waals surface area (Å²) in [5, 5.41) is 33.4. The van der Waals surface area contributed by atoms with Crippen molar-refractivity contribution in [1.82, 2.24) is 20.5 Å². The quantitative estimate of drug-likeness (QED) is 0.280. The first-order valence-corrected chi connectivity index (χ1v) is 13.1. The molecular formula is C30H29F3N4O4. The number of nitrogens with one attached hydrogen (secondary N) is 1. The van der Waals surface area contributed by atoms with Crippen LogP contribution in [0.5, 0.6) is 5.75 Å². The van der Waals surface area contributed by atoms with Gasteiger partial charge < -0.3 is 20.3 Å². The van der Waals surface area contributed by atoms with E-state index in [2.05, 4.69) is 20.5 Å². The molecule has 0 bridgehead atoms. The van der Waals surface area contributed by atoms with Crippen molar-refractivity contribution in [3.63, 3.8) is 0 Å². The van der Waals surface area contributed by atoms with Crippen LogP contribution < -0.4 is 10.1 Å². The van der Waals surface area contributed by atoms with E-state index in [4.69, 9.17) is 4.74 Å². The lowest BCUT2D eigenvalue weighted by Gasteiger charge is -2.28. The second-order valence-electron chi connectivity index (χ2n) is 11.0. The summed E-state index contributed by atoms with van der Waals surface area (Å²) < 4.78 is 50.6. The fourth-order valence-electron chi connectivity index (χ4n) is 4.49. The number of hydrogen-bond acceptors (Lipinski definition) is 7. The fourth-order valence-corrected chi connectivity index (χ4v) is 4.49. The van der Waals surface area contributed by atoms with E-state index in [0.29, 0.717) is 22.3 Å². The topological polar surface area (TPSA) is 117 Å². The maximum absolute atomic E-state index is 15.7. The first-order chi connectivity index (χ1) is 19.2. The minimum Gasteiger partial charge on any atom is -0.488 e. The van der Waals surface area contributed by atoms with E-state index in [0.717, 1.165) is 25.0 Å². The highest BCUT2D eigenvalue weighted by Crippen LogP contribution is 2.36. The molecule has 3 N–H and O–H groups in total. The zero-order valence-electron chi connectivity index (χ0n) is 22.9. The molecule has 1 amide bonds. The van der Waals surface area contributed by atoms with Gasteiger partial charge in [-0.2, -0.15) is 5.10 Å². The van der Waals surface area contributed by atoms with Gasteiger partial charge in [0.1, 0.15) is 34.1 Å². The highest BCUT2D eigenvalue weighted by molar-refractivity contribution is 5.99. The maximum Gasteiger partial charge on any atom is 0.251 e. The highest BCUT2D eigenvalue weighted by Gasteiger charge is 2.37. The minimum atomic E-state index is -2.14. The van der Waals surface area contributed by atoms with E-state index in [9.17, 15) is 19.4 Å². The molecule has 0 spiro atoms. The molecule has 0 aliphatic heterocycles. The number of rotatable bonds is 8. The van der Waals surface area contributed by atoms with E-state index in [1.807, 2.05) is 0 Å². The van der Waals surface area contributed by atoms with Crippen LogP contribution in [0.2, 0.25) is 0 Å². The van der Waals surface area contributed by atoms with Crippen molar-refractivity contribution in [3.8, 4) is 17.0 Å². The third kappa shape index (κ3) is 5.86. The van der Waals surface area contributed by atoms with Crippen LogP contribution in [0, 0.1) is 24.4 Å². The van der Waals surface area contributed by atoms with E-state index in [-0.39, 0.29) is 17.2 Å². The smallest absolute Gasteiger partial charge is 0.251 e. The van der Waals surface area contributed by atoms with Crippen LogP contribution in [0.25, 0.3) is 22.2 Å². The Morgan fingerprint density at radius 2 is 1.71 bits per heavy atom. The number of aryl methyl sites for hydroxylation is 1. The number of nitrogens with zero attached hydrogens (tertiary/aromatic N) is 3. The second kappa shape index (κ2) is 10.4. The molecule has 0 saturated heterocycles. The number of fused-ring (bicyclic) bond motifs is 1. The van der Waals surface area contributed by atoms with Gasteiger partial charge in [-0.25, -0.2) is 18.2 Å². The molecule has 41 heavy (non-hydrogen) atoms. The normalized spacial score (nSPS) is 15.0. The molecule has 1 atom stereocenters. The van der Waals surface area contributed by atoms with Crippen molar-refractivity contribution in [2.75, 3.05) is 6.54 Å². The number of pyridine rings is 1. The van der Waals surface area contributed by atoms with Crippen molar-refractivity contribution >= 4 is 16.8 Å². The third-order valence-corrected chi connectivity index (χ3v) is 6.77. The van der Waals surface area contributed by atoms with Crippen LogP contribution in [0.15, 0.2) is 42.5 Å². The van der Waals surface area contributed by atoms with Gasteiger partial charge in [0.15, 0.2) is 11.6 Å². The number of hydrogen-bond donors (Lipinski definition) is 3. The lowest BCUT2D eigenvalue weighted by molar-refractivity contribution is 0.0412. The maximum atomic E-state index is 15.7. The molecule has 2 aromatic heterocycles. The number of aliphatic hydroxyl groups is 2. The van der Waals surface area contributed by atoms with Gasteiger partial charge in [-0.05, 0) is 83.0 Å². The molecule has 8 nitrogen and oxygen atoms in total. The number of amides is 1. The van der Waals surface area contributed by atoms with Crippen LogP contribution >= 0.6 is 0 Å². The number of halogens is 3. The average molecular weight is 567 g/mol. The summed E-state index contributed by atoms with van der Waals surface area (Å²) in [6, 6.07) is 9.57. The Kier molecular flexibility index (Phi) is 7.20. The third-order valence-electron chi connectivity index (χ3n) is 6.77. The Balaban J connectivity index is 1.49. The molecule has 1 aliphatic carbocycles. The van der Waals surface area contributed by atoms with Crippen LogP contribution in [0.1, 0.15) is 60.9 Å². The molecule has 2 aromatic carbocycles. The Hall–Kier alpha value is -4.09. The van der Waals surface area contributed by atoms with Crippen LogP contribution in [-0.2, 0) is 11.2 Å². The van der Waals surface area contributed by atoms with Gasteiger partial charge in [-0.15, -0.1) is 5.10 Å². The molecule has 214 valence electrons. The molecule has 11 heteroatoms. The lowest BCUT2D eigenvalue weighted by Crippen LogP contribution is -2.40. The Bertz CT molecular complexity index is 1650. The Morgan fingerprint density at radius 3 is 2.34 bits per heavy atom. The van der Waals surface area contributed by atoms with Crippen molar-refractivity contribution in [1.29, 1.82) is 0 Å². The zero-order chi connectivity index (χ0) is 29.7. The molecule has 0 unspecified atom stereocenters. The summed E-state index contributed by atoms with van der Waals surface area (Å²) >= 11 is 0. The van der Waals surface area contributed by atoms with Crippen LogP contribution in [0.4, 0.5) is 13.2 Å². The number of ether oxygens (including phenoxy) is 1. The number of benzene rings is 2. The van der Waals surface area contributed by atoms with Gasteiger partial charge in [0.05, 0.1) is 29.5 Å². The van der Waals surface area contributed by atoms with Gasteiger partial charge in [0.25, 0.3) is 5.91 Å². The number of carbonyl (C=O) groups excluding carboxylic acids is 1. The van der Waals surface area contributed by atoms with Crippen LogP contribution in [0.3, 0.4) is 0 Å². The predicted octanol–water partition coefficient (Wildman–Crippen LogP) is 4.82. The summed E-state index contributed by atoms with van der Waals surface area (Å²) in [5.41, 5.74) is -4.37. The molecule has 1 fully saturated rings. The largest absolute Gasteiger partial charge is 0.488 e. The predicted molar refractivity (Wildman–Crippen MR) is 145 cm³/mol. The van der Waals surface area contributed by atoms with Gasteiger partial charge in [-0.1, -0.05) is 0 Å². The SMILES string of the molecule is Cc1cc2cc(C(=O)NC[C@](C)(O)c3nc(-c4ccc(F)cc4)c(F)c(C(C)(C)O)c3F)cc(OC3CC3)c2nn1. The molecular weight excluding hydrogens is 537 g/mol. The first-order valence-electron chi connectivity index (χ1n) is 13.1. The highest BCUT2D eigenvalue weighted by atomic mass is 19.1. The summed E-state index contributed by atoms with van der Waals surface area (Å²) in [5.74, 6) is -3.18. The van der Waals surface area contributed by atoms with Gasteiger partial charge >= 0.3 is 0 Å². The molecule has 1 aliphatic rings. The van der Waals surface area contributed by atoms with E-state index >= 15 is 8.78 Å². The monoisotopic (exact) mass is 566 g/mol. The van der Waals surface area contributed by atoms with Crippen molar-refractivity contribution in [2.45, 2.75) is 57.8 Å². The molecule has 4 aromatic rings. The Morgan fingerprint density at radius 1 is 1.02 bits per heavy atom. The van der Waals surface area contributed by atoms with Gasteiger partial charge in [-0.3, -0.25) is 4.79 Å². The van der Waals surface area contributed by atoms with Crippen LogP contribution in [-0.4, -0.2) is 44.0 Å². The lowest BCUT2D eigenvalue weighted by atomic mass is 9.90. The number of carbonyl (C=O) groups is 1. The summed E-state index contributed by atoms with van der Waals surface area (Å²) in [4.78, 5) is 17.3. The van der Waals surface area contributed by atoms with Gasteiger partial charge in [0.2, 0.25) is 0 Å².